The van der Waals surface area contributed by atoms with E-state index in [2.05, 4.69) is 6.58 Å². The summed E-state index contributed by atoms with van der Waals surface area (Å²) in [6, 6.07) is 0. The third kappa shape index (κ3) is 3.41. The van der Waals surface area contributed by atoms with Crippen LogP contribution in [0.5, 0.6) is 0 Å². The maximum Gasteiger partial charge on any atom is 0.165 e. The molecule has 0 aliphatic heterocycles. The molecule has 0 amide bonds. The molecule has 0 saturated carbocycles. The molecule has 0 fully saturated rings. The van der Waals surface area contributed by atoms with Gasteiger partial charge in [-0.3, -0.25) is 4.79 Å². The zero-order valence-corrected chi connectivity index (χ0v) is 6.55. The van der Waals surface area contributed by atoms with Crippen molar-refractivity contribution in [2.45, 2.75) is 32.8 Å². The van der Waals surface area contributed by atoms with Crippen LogP contribution in [0, 0.1) is 0 Å². The fourth-order valence-electron chi connectivity index (χ4n) is 0.643. The van der Waals surface area contributed by atoms with Crippen molar-refractivity contribution in [1.82, 2.24) is 0 Å². The Morgan fingerprint density at radius 2 is 2.20 bits per heavy atom. The number of Topliss-reactive ketones (excluding diaryl/α,β-unsaturated/α-hetero) is 1. The lowest BCUT2D eigenvalue weighted by molar-refractivity contribution is -0.126. The van der Waals surface area contributed by atoms with Crippen LogP contribution >= 0.6 is 0 Å². The lowest BCUT2D eigenvalue weighted by Gasteiger charge is -2.04. The molecule has 2 heteroatoms. The van der Waals surface area contributed by atoms with Crippen molar-refractivity contribution in [2.75, 3.05) is 0 Å². The van der Waals surface area contributed by atoms with E-state index in [4.69, 9.17) is 5.11 Å². The Balaban J connectivity index is 3.73. The molecular weight excluding hydrogens is 128 g/mol. The van der Waals surface area contributed by atoms with Gasteiger partial charge in [0.2, 0.25) is 0 Å². The monoisotopic (exact) mass is 142 g/mol. The van der Waals surface area contributed by atoms with Crippen molar-refractivity contribution in [1.29, 1.82) is 0 Å². The highest BCUT2D eigenvalue weighted by molar-refractivity contribution is 5.84. The van der Waals surface area contributed by atoms with Gasteiger partial charge in [-0.1, -0.05) is 19.1 Å². The van der Waals surface area contributed by atoms with Crippen molar-refractivity contribution < 1.29 is 9.90 Å². The van der Waals surface area contributed by atoms with E-state index in [0.29, 0.717) is 12.8 Å². The number of rotatable bonds is 4. The molecular formula is C8H14O2. The van der Waals surface area contributed by atoms with Gasteiger partial charge in [0, 0.05) is 6.42 Å². The Kier molecular flexibility index (Phi) is 3.96. The van der Waals surface area contributed by atoms with Gasteiger partial charge in [0.15, 0.2) is 5.78 Å². The maximum atomic E-state index is 10.9. The smallest absolute Gasteiger partial charge is 0.165 e. The Labute approximate surface area is 61.6 Å². The molecule has 0 aromatic rings. The summed E-state index contributed by atoms with van der Waals surface area (Å²) in [7, 11) is 0. The first-order valence-corrected chi connectivity index (χ1v) is 3.43. The topological polar surface area (TPSA) is 37.3 Å². The highest BCUT2D eigenvalue weighted by atomic mass is 16.3. The molecule has 0 heterocycles. The van der Waals surface area contributed by atoms with Crippen LogP contribution in [0.2, 0.25) is 0 Å². The molecule has 1 unspecified atom stereocenters. The van der Waals surface area contributed by atoms with E-state index >= 15 is 0 Å². The molecule has 0 spiro atoms. The van der Waals surface area contributed by atoms with Gasteiger partial charge in [0.25, 0.3) is 0 Å². The Bertz CT molecular complexity index is 138. The minimum atomic E-state index is -0.795. The van der Waals surface area contributed by atoms with Gasteiger partial charge in [-0.05, 0) is 13.3 Å². The molecule has 0 rings (SSSR count). The summed E-state index contributed by atoms with van der Waals surface area (Å²) in [5.41, 5.74) is 0.803. The first-order chi connectivity index (χ1) is 4.57. The summed E-state index contributed by atoms with van der Waals surface area (Å²) in [6.45, 7) is 7.14. The predicted molar refractivity (Wildman–Crippen MR) is 40.7 cm³/mol. The van der Waals surface area contributed by atoms with E-state index in [1.807, 2.05) is 0 Å². The summed E-state index contributed by atoms with van der Waals surface area (Å²) in [5, 5.41) is 8.98. The Morgan fingerprint density at radius 3 is 2.50 bits per heavy atom. The molecule has 0 radical (unpaired) electrons. The maximum absolute atomic E-state index is 10.9. The number of carbonyl (C=O) groups excluding carboxylic acids is 1. The van der Waals surface area contributed by atoms with Gasteiger partial charge in [-0.25, -0.2) is 0 Å². The normalized spacial score (nSPS) is 12.7. The second-order valence-corrected chi connectivity index (χ2v) is 2.52. The van der Waals surface area contributed by atoms with Crippen LogP contribution < -0.4 is 0 Å². The molecule has 0 saturated heterocycles. The highest BCUT2D eigenvalue weighted by Gasteiger charge is 2.11. The zero-order valence-electron chi connectivity index (χ0n) is 6.55. The molecule has 10 heavy (non-hydrogen) atoms. The number of hydrogen-bond donors (Lipinski definition) is 1. The average molecular weight is 142 g/mol. The van der Waals surface area contributed by atoms with E-state index in [-0.39, 0.29) is 5.78 Å². The van der Waals surface area contributed by atoms with Gasteiger partial charge >= 0.3 is 0 Å². The molecule has 1 N–H and O–H groups in total. The second kappa shape index (κ2) is 4.23. The molecule has 0 bridgehead atoms. The van der Waals surface area contributed by atoms with Gasteiger partial charge < -0.3 is 5.11 Å². The van der Waals surface area contributed by atoms with E-state index in [0.717, 1.165) is 5.57 Å². The van der Waals surface area contributed by atoms with Gasteiger partial charge in [-0.15, -0.1) is 0 Å². The minimum absolute atomic E-state index is 0.130. The summed E-state index contributed by atoms with van der Waals surface area (Å²) in [6.07, 6.45) is -0.00194. The number of aliphatic hydroxyl groups excluding tert-OH is 1. The average Bonchev–Trinajstić information content (AvgIpc) is 1.85. The van der Waals surface area contributed by atoms with Crippen LogP contribution in [-0.4, -0.2) is 17.0 Å². The van der Waals surface area contributed by atoms with Crippen LogP contribution in [0.3, 0.4) is 0 Å². The second-order valence-electron chi connectivity index (χ2n) is 2.52. The Hall–Kier alpha value is -0.630. The van der Waals surface area contributed by atoms with E-state index in [1.54, 1.807) is 13.8 Å². The summed E-state index contributed by atoms with van der Waals surface area (Å²) in [4.78, 5) is 10.9. The minimum Gasteiger partial charge on any atom is -0.385 e. The molecule has 0 aromatic carbocycles. The fourth-order valence-corrected chi connectivity index (χ4v) is 0.643. The third-order valence-electron chi connectivity index (χ3n) is 1.23. The number of carbonyl (C=O) groups is 1. The molecule has 0 aliphatic carbocycles. The van der Waals surface area contributed by atoms with Crippen LogP contribution in [0.15, 0.2) is 12.2 Å². The lowest BCUT2D eigenvalue weighted by Crippen LogP contribution is -2.18. The molecule has 0 aromatic heterocycles. The van der Waals surface area contributed by atoms with Crippen LogP contribution in [0.1, 0.15) is 26.7 Å². The molecule has 2 nitrogen and oxygen atoms in total. The third-order valence-corrected chi connectivity index (χ3v) is 1.23. The standard InChI is InChI=1S/C8H14O2/c1-4-7(9)8(10)5-6(2)3/h7,9H,2,4-5H2,1,3H3. The molecule has 1 atom stereocenters. The van der Waals surface area contributed by atoms with Gasteiger partial charge in [-0.2, -0.15) is 0 Å². The predicted octanol–water partition coefficient (Wildman–Crippen LogP) is 1.29. The van der Waals surface area contributed by atoms with Crippen molar-refractivity contribution in [3.05, 3.63) is 12.2 Å². The summed E-state index contributed by atoms with van der Waals surface area (Å²) < 4.78 is 0. The van der Waals surface area contributed by atoms with Crippen molar-refractivity contribution in [2.24, 2.45) is 0 Å². The SMILES string of the molecule is C=C(C)CC(=O)C(O)CC. The Morgan fingerprint density at radius 1 is 1.70 bits per heavy atom. The van der Waals surface area contributed by atoms with Gasteiger partial charge in [0.05, 0.1) is 0 Å². The first-order valence-electron chi connectivity index (χ1n) is 3.43. The number of allylic oxidation sites excluding steroid dienone is 1. The fraction of sp³-hybridized carbons (Fsp3) is 0.625. The molecule has 58 valence electrons. The van der Waals surface area contributed by atoms with Crippen LogP contribution in [-0.2, 0) is 4.79 Å². The summed E-state index contributed by atoms with van der Waals surface area (Å²) >= 11 is 0. The van der Waals surface area contributed by atoms with Crippen LogP contribution in [0.4, 0.5) is 0 Å². The number of ketones is 1. The van der Waals surface area contributed by atoms with Crippen molar-refractivity contribution >= 4 is 5.78 Å². The highest BCUT2D eigenvalue weighted by Crippen LogP contribution is 2.02. The molecule has 0 aliphatic rings. The van der Waals surface area contributed by atoms with E-state index in [1.165, 1.54) is 0 Å². The van der Waals surface area contributed by atoms with E-state index in [9.17, 15) is 4.79 Å². The zero-order chi connectivity index (χ0) is 8.15. The number of aliphatic hydroxyl groups is 1. The van der Waals surface area contributed by atoms with Crippen molar-refractivity contribution in [3.8, 4) is 0 Å². The quantitative estimate of drug-likeness (QED) is 0.600. The van der Waals surface area contributed by atoms with E-state index < -0.39 is 6.10 Å². The van der Waals surface area contributed by atoms with Gasteiger partial charge in [0.1, 0.15) is 6.10 Å². The van der Waals surface area contributed by atoms with Crippen molar-refractivity contribution in [3.63, 3.8) is 0 Å². The first kappa shape index (κ1) is 9.37. The number of hydrogen-bond acceptors (Lipinski definition) is 2. The lowest BCUT2D eigenvalue weighted by atomic mass is 10.1. The summed E-state index contributed by atoms with van der Waals surface area (Å²) in [5.74, 6) is -0.130. The largest absolute Gasteiger partial charge is 0.385 e. The van der Waals surface area contributed by atoms with Crippen LogP contribution in [0.25, 0.3) is 0 Å².